The fourth-order valence-electron chi connectivity index (χ4n) is 1.37. The van der Waals surface area contributed by atoms with Crippen LogP contribution in [-0.2, 0) is 7.05 Å². The van der Waals surface area contributed by atoms with Gasteiger partial charge in [0, 0.05) is 5.56 Å². The van der Waals surface area contributed by atoms with E-state index < -0.39 is 4.92 Å². The standard InChI is InChI=1S/C10H9N3O2/c1-12-7-9(11-10(12)13(14)15)8-5-3-2-4-6-8/h2-7H,1H3. The summed E-state index contributed by atoms with van der Waals surface area (Å²) in [7, 11) is 1.61. The number of hydrogen-bond acceptors (Lipinski definition) is 3. The molecule has 0 amide bonds. The molecular weight excluding hydrogens is 194 g/mol. The van der Waals surface area contributed by atoms with E-state index >= 15 is 0 Å². The van der Waals surface area contributed by atoms with Gasteiger partial charge in [0.05, 0.1) is 7.05 Å². The van der Waals surface area contributed by atoms with Crippen LogP contribution < -0.4 is 0 Å². The fourth-order valence-corrected chi connectivity index (χ4v) is 1.37. The zero-order valence-corrected chi connectivity index (χ0v) is 8.12. The highest BCUT2D eigenvalue weighted by Crippen LogP contribution is 2.20. The van der Waals surface area contributed by atoms with E-state index in [2.05, 4.69) is 4.98 Å². The molecule has 1 aromatic carbocycles. The van der Waals surface area contributed by atoms with Gasteiger partial charge in [-0.15, -0.1) is 0 Å². The predicted molar refractivity (Wildman–Crippen MR) is 55.3 cm³/mol. The van der Waals surface area contributed by atoms with Gasteiger partial charge in [-0.05, 0) is 4.92 Å². The van der Waals surface area contributed by atoms with Crippen LogP contribution in [0.25, 0.3) is 11.3 Å². The van der Waals surface area contributed by atoms with Crippen molar-refractivity contribution in [3.8, 4) is 11.3 Å². The van der Waals surface area contributed by atoms with Gasteiger partial charge in [-0.3, -0.25) is 0 Å². The Labute approximate surface area is 86.1 Å². The first-order chi connectivity index (χ1) is 7.18. The van der Waals surface area contributed by atoms with Gasteiger partial charge in [0.25, 0.3) is 0 Å². The first-order valence-corrected chi connectivity index (χ1v) is 4.41. The lowest BCUT2D eigenvalue weighted by molar-refractivity contribution is -0.396. The average Bonchev–Trinajstić information content (AvgIpc) is 2.62. The molecule has 15 heavy (non-hydrogen) atoms. The Morgan fingerprint density at radius 2 is 2.00 bits per heavy atom. The van der Waals surface area contributed by atoms with Crippen molar-refractivity contribution in [1.82, 2.24) is 9.55 Å². The molecule has 0 atom stereocenters. The van der Waals surface area contributed by atoms with Crippen LogP contribution in [0.2, 0.25) is 0 Å². The Bertz CT molecular complexity index is 491. The summed E-state index contributed by atoms with van der Waals surface area (Å²) in [5.74, 6) is -0.145. The number of nitrogens with zero attached hydrogens (tertiary/aromatic N) is 3. The SMILES string of the molecule is Cn1cc(-c2ccccc2)nc1[N+](=O)[O-]. The molecule has 0 unspecified atom stereocenters. The number of nitro groups is 1. The van der Waals surface area contributed by atoms with Crippen molar-refractivity contribution in [2.45, 2.75) is 0 Å². The van der Waals surface area contributed by atoms with E-state index in [4.69, 9.17) is 0 Å². The number of aromatic nitrogens is 2. The topological polar surface area (TPSA) is 61.0 Å². The number of hydrogen-bond donors (Lipinski definition) is 0. The van der Waals surface area contributed by atoms with Crippen LogP contribution in [-0.4, -0.2) is 14.5 Å². The van der Waals surface area contributed by atoms with Crippen LogP contribution in [0.1, 0.15) is 0 Å². The zero-order valence-electron chi connectivity index (χ0n) is 8.12. The van der Waals surface area contributed by atoms with Gasteiger partial charge in [-0.2, -0.15) is 0 Å². The van der Waals surface area contributed by atoms with E-state index in [0.29, 0.717) is 5.69 Å². The molecule has 0 bridgehead atoms. The van der Waals surface area contributed by atoms with Crippen molar-refractivity contribution in [3.05, 3.63) is 46.6 Å². The van der Waals surface area contributed by atoms with Gasteiger partial charge < -0.3 is 10.1 Å². The molecule has 0 saturated heterocycles. The molecule has 1 aromatic heterocycles. The van der Waals surface area contributed by atoms with Crippen LogP contribution in [0.3, 0.4) is 0 Å². The maximum absolute atomic E-state index is 10.6. The second kappa shape index (κ2) is 3.53. The molecule has 0 saturated carbocycles. The van der Waals surface area contributed by atoms with Gasteiger partial charge >= 0.3 is 5.95 Å². The van der Waals surface area contributed by atoms with Crippen molar-refractivity contribution in [3.63, 3.8) is 0 Å². The van der Waals surface area contributed by atoms with E-state index in [1.807, 2.05) is 30.3 Å². The summed E-state index contributed by atoms with van der Waals surface area (Å²) >= 11 is 0. The monoisotopic (exact) mass is 203 g/mol. The third-order valence-electron chi connectivity index (χ3n) is 2.08. The van der Waals surface area contributed by atoms with Crippen molar-refractivity contribution >= 4 is 5.95 Å². The predicted octanol–water partition coefficient (Wildman–Crippen LogP) is 2.00. The van der Waals surface area contributed by atoms with Crippen molar-refractivity contribution in [1.29, 1.82) is 0 Å². The summed E-state index contributed by atoms with van der Waals surface area (Å²) < 4.78 is 1.41. The Balaban J connectivity index is 2.48. The first kappa shape index (κ1) is 9.39. The van der Waals surface area contributed by atoms with Crippen molar-refractivity contribution < 1.29 is 4.92 Å². The molecule has 5 heteroatoms. The van der Waals surface area contributed by atoms with Crippen LogP contribution in [0.15, 0.2) is 36.5 Å². The molecule has 1 heterocycles. The van der Waals surface area contributed by atoms with Gasteiger partial charge in [0.15, 0.2) is 5.69 Å². The van der Waals surface area contributed by atoms with E-state index in [9.17, 15) is 10.1 Å². The van der Waals surface area contributed by atoms with E-state index in [0.717, 1.165) is 5.56 Å². The normalized spacial score (nSPS) is 10.2. The molecule has 0 aliphatic carbocycles. The highest BCUT2D eigenvalue weighted by Gasteiger charge is 2.17. The van der Waals surface area contributed by atoms with E-state index in [1.54, 1.807) is 13.2 Å². The molecule has 0 radical (unpaired) electrons. The Morgan fingerprint density at radius 1 is 1.33 bits per heavy atom. The van der Waals surface area contributed by atoms with Gasteiger partial charge in [0.2, 0.25) is 0 Å². The maximum Gasteiger partial charge on any atom is 0.434 e. The molecule has 2 rings (SSSR count). The largest absolute Gasteiger partial charge is 0.434 e. The molecule has 76 valence electrons. The highest BCUT2D eigenvalue weighted by molar-refractivity contribution is 5.59. The summed E-state index contributed by atoms with van der Waals surface area (Å²) in [5.41, 5.74) is 1.49. The third kappa shape index (κ3) is 1.71. The van der Waals surface area contributed by atoms with Crippen molar-refractivity contribution in [2.24, 2.45) is 7.05 Å². The Hall–Kier alpha value is -2.17. The summed E-state index contributed by atoms with van der Waals surface area (Å²) in [4.78, 5) is 14.0. The smallest absolute Gasteiger partial charge is 0.390 e. The van der Waals surface area contributed by atoms with Crippen molar-refractivity contribution in [2.75, 3.05) is 0 Å². The molecule has 0 aliphatic rings. The molecule has 5 nitrogen and oxygen atoms in total. The van der Waals surface area contributed by atoms with Gasteiger partial charge in [0.1, 0.15) is 6.20 Å². The minimum atomic E-state index is -0.494. The summed E-state index contributed by atoms with van der Waals surface area (Å²) in [6, 6.07) is 9.37. The average molecular weight is 203 g/mol. The number of imidazole rings is 1. The number of aryl methyl sites for hydroxylation is 1. The zero-order chi connectivity index (χ0) is 10.8. The number of rotatable bonds is 2. The third-order valence-corrected chi connectivity index (χ3v) is 2.08. The van der Waals surface area contributed by atoms with E-state index in [1.165, 1.54) is 4.57 Å². The molecule has 0 N–H and O–H groups in total. The second-order valence-electron chi connectivity index (χ2n) is 3.16. The molecule has 0 fully saturated rings. The highest BCUT2D eigenvalue weighted by atomic mass is 16.6. The lowest BCUT2D eigenvalue weighted by Crippen LogP contribution is -1.96. The summed E-state index contributed by atoms with van der Waals surface area (Å²) in [6.45, 7) is 0. The number of benzene rings is 1. The fraction of sp³-hybridized carbons (Fsp3) is 0.100. The van der Waals surface area contributed by atoms with Crippen LogP contribution in [0.4, 0.5) is 5.95 Å². The molecule has 0 aliphatic heterocycles. The Morgan fingerprint density at radius 3 is 2.53 bits per heavy atom. The minimum Gasteiger partial charge on any atom is -0.390 e. The quantitative estimate of drug-likeness (QED) is 0.554. The Kier molecular flexibility index (Phi) is 2.21. The van der Waals surface area contributed by atoms with Gasteiger partial charge in [-0.1, -0.05) is 35.3 Å². The summed E-state index contributed by atoms with van der Waals surface area (Å²) in [6.07, 6.45) is 1.65. The van der Waals surface area contributed by atoms with Crippen LogP contribution >= 0.6 is 0 Å². The first-order valence-electron chi connectivity index (χ1n) is 4.41. The molecular formula is C10H9N3O2. The summed E-state index contributed by atoms with van der Waals surface area (Å²) in [5, 5.41) is 10.6. The molecule has 2 aromatic rings. The van der Waals surface area contributed by atoms with Crippen LogP contribution in [0, 0.1) is 10.1 Å². The minimum absolute atomic E-state index is 0.145. The lowest BCUT2D eigenvalue weighted by atomic mass is 10.2. The lowest BCUT2D eigenvalue weighted by Gasteiger charge is -1.90. The maximum atomic E-state index is 10.6. The second-order valence-corrected chi connectivity index (χ2v) is 3.16. The molecule has 0 spiro atoms. The van der Waals surface area contributed by atoms with Gasteiger partial charge in [-0.25, -0.2) is 4.57 Å². The van der Waals surface area contributed by atoms with E-state index in [-0.39, 0.29) is 5.95 Å². The van der Waals surface area contributed by atoms with Crippen LogP contribution in [0.5, 0.6) is 0 Å².